The number of rotatable bonds is 2. The summed E-state index contributed by atoms with van der Waals surface area (Å²) in [6.07, 6.45) is 0.111. The Morgan fingerprint density at radius 1 is 1.15 bits per heavy atom. The molecule has 1 aliphatic heterocycles. The average Bonchev–Trinajstić information content (AvgIpc) is 3.21. The second-order valence-corrected chi connectivity index (χ2v) is 5.16. The number of carbonyl (C=O) groups is 2. The van der Waals surface area contributed by atoms with Gasteiger partial charge in [0.15, 0.2) is 11.5 Å². The fourth-order valence-corrected chi connectivity index (χ4v) is 2.13. The van der Waals surface area contributed by atoms with Gasteiger partial charge in [0.1, 0.15) is 6.61 Å². The summed E-state index contributed by atoms with van der Waals surface area (Å²) in [5.74, 6) is 0.991. The molecule has 0 aromatic heterocycles. The van der Waals surface area contributed by atoms with Crippen LogP contribution in [0.2, 0.25) is 0 Å². The van der Waals surface area contributed by atoms with E-state index in [1.54, 1.807) is 18.2 Å². The van der Waals surface area contributed by atoms with Gasteiger partial charge >= 0.3 is 0 Å². The zero-order chi connectivity index (χ0) is 14.1. The lowest BCUT2D eigenvalue weighted by Gasteiger charge is -2.25. The molecule has 1 saturated carbocycles. The Kier molecular flexibility index (Phi) is 3.22. The van der Waals surface area contributed by atoms with Crippen molar-refractivity contribution in [3.05, 3.63) is 24.3 Å². The lowest BCUT2D eigenvalue weighted by molar-refractivity contribution is -0.135. The van der Waals surface area contributed by atoms with E-state index in [0.29, 0.717) is 17.4 Å². The van der Waals surface area contributed by atoms with Gasteiger partial charge in [-0.1, -0.05) is 19.1 Å². The van der Waals surface area contributed by atoms with E-state index in [1.807, 2.05) is 13.0 Å². The van der Waals surface area contributed by atoms with E-state index < -0.39 is 12.0 Å². The molecule has 0 spiro atoms. The van der Waals surface area contributed by atoms with Crippen LogP contribution in [0.5, 0.6) is 11.5 Å². The molecule has 0 radical (unpaired) electrons. The smallest absolute Gasteiger partial charge is 0.283 e. The Hall–Kier alpha value is -2.24. The topological polar surface area (TPSA) is 76.7 Å². The maximum atomic E-state index is 11.9. The molecule has 1 aromatic rings. The first-order valence-corrected chi connectivity index (χ1v) is 6.63. The zero-order valence-corrected chi connectivity index (χ0v) is 11.1. The number of ether oxygens (including phenoxy) is 2. The minimum Gasteiger partial charge on any atom is -0.485 e. The van der Waals surface area contributed by atoms with Crippen molar-refractivity contribution in [2.75, 3.05) is 6.61 Å². The van der Waals surface area contributed by atoms with Gasteiger partial charge in [-0.3, -0.25) is 20.4 Å². The van der Waals surface area contributed by atoms with Gasteiger partial charge < -0.3 is 9.47 Å². The molecule has 6 nitrogen and oxygen atoms in total. The zero-order valence-electron chi connectivity index (χ0n) is 11.1. The van der Waals surface area contributed by atoms with Crippen LogP contribution in [0.4, 0.5) is 0 Å². The van der Waals surface area contributed by atoms with Crippen LogP contribution in [-0.4, -0.2) is 24.5 Å². The number of hydrogen-bond acceptors (Lipinski definition) is 4. The van der Waals surface area contributed by atoms with E-state index in [2.05, 4.69) is 10.9 Å². The monoisotopic (exact) mass is 276 g/mol. The van der Waals surface area contributed by atoms with Gasteiger partial charge in [0.25, 0.3) is 5.91 Å². The summed E-state index contributed by atoms with van der Waals surface area (Å²) in [5.41, 5.74) is 4.80. The highest BCUT2D eigenvalue weighted by Crippen LogP contribution is 2.37. The molecule has 2 N–H and O–H groups in total. The van der Waals surface area contributed by atoms with Crippen LogP contribution < -0.4 is 20.3 Å². The van der Waals surface area contributed by atoms with Crippen LogP contribution >= 0.6 is 0 Å². The van der Waals surface area contributed by atoms with Gasteiger partial charge in [-0.2, -0.15) is 0 Å². The molecule has 0 saturated heterocycles. The van der Waals surface area contributed by atoms with Crippen LogP contribution in [0.25, 0.3) is 0 Å². The quantitative estimate of drug-likeness (QED) is 0.777. The predicted molar refractivity (Wildman–Crippen MR) is 69.9 cm³/mol. The normalized spacial score (nSPS) is 26.6. The first-order chi connectivity index (χ1) is 9.65. The molecule has 1 fully saturated rings. The minimum absolute atomic E-state index is 0.0135. The number of benzene rings is 1. The SMILES string of the molecule is C[C@@H]1C[C@@H]1C(=O)NNC(=O)[C@@H]1COc2ccccc2O1. The van der Waals surface area contributed by atoms with E-state index in [-0.39, 0.29) is 18.4 Å². The fraction of sp³-hybridized carbons (Fsp3) is 0.429. The maximum absolute atomic E-state index is 11.9. The fourth-order valence-electron chi connectivity index (χ4n) is 2.13. The second kappa shape index (κ2) is 5.03. The Morgan fingerprint density at radius 3 is 2.50 bits per heavy atom. The van der Waals surface area contributed by atoms with E-state index in [9.17, 15) is 9.59 Å². The molecule has 1 aliphatic carbocycles. The number of carbonyl (C=O) groups excluding carboxylic acids is 2. The summed E-state index contributed by atoms with van der Waals surface area (Å²) in [6, 6.07) is 7.15. The molecular formula is C14H16N2O4. The van der Waals surface area contributed by atoms with Crippen molar-refractivity contribution in [2.24, 2.45) is 11.8 Å². The van der Waals surface area contributed by atoms with Gasteiger partial charge in [0.2, 0.25) is 12.0 Å². The van der Waals surface area contributed by atoms with Gasteiger partial charge in [0, 0.05) is 5.92 Å². The van der Waals surface area contributed by atoms with Gasteiger partial charge in [-0.15, -0.1) is 0 Å². The third-order valence-corrected chi connectivity index (χ3v) is 3.56. The highest BCUT2D eigenvalue weighted by molar-refractivity contribution is 5.87. The van der Waals surface area contributed by atoms with Crippen LogP contribution in [0.1, 0.15) is 13.3 Å². The number of para-hydroxylation sites is 2. The second-order valence-electron chi connectivity index (χ2n) is 5.16. The summed E-state index contributed by atoms with van der Waals surface area (Å²) in [7, 11) is 0. The van der Waals surface area contributed by atoms with Crippen molar-refractivity contribution in [3.63, 3.8) is 0 Å². The lowest BCUT2D eigenvalue weighted by atomic mass is 10.2. The van der Waals surface area contributed by atoms with E-state index in [1.165, 1.54) is 0 Å². The summed E-state index contributed by atoms with van der Waals surface area (Å²) in [6.45, 7) is 2.12. The van der Waals surface area contributed by atoms with Crippen molar-refractivity contribution >= 4 is 11.8 Å². The molecule has 106 valence electrons. The van der Waals surface area contributed by atoms with Crippen LogP contribution in [0, 0.1) is 11.8 Å². The van der Waals surface area contributed by atoms with E-state index in [0.717, 1.165) is 6.42 Å². The largest absolute Gasteiger partial charge is 0.485 e. The van der Waals surface area contributed by atoms with Gasteiger partial charge in [0.05, 0.1) is 0 Å². The van der Waals surface area contributed by atoms with Crippen LogP contribution in [-0.2, 0) is 9.59 Å². The first-order valence-electron chi connectivity index (χ1n) is 6.63. The lowest BCUT2D eigenvalue weighted by Crippen LogP contribution is -2.51. The first kappa shape index (κ1) is 12.8. The third kappa shape index (κ3) is 2.54. The Bertz CT molecular complexity index is 546. The molecule has 0 bridgehead atoms. The standard InChI is InChI=1S/C14H16N2O4/c1-8-6-9(8)13(17)15-16-14(18)12-7-19-10-4-2-3-5-11(10)20-12/h2-5,8-9,12H,6-7H2,1H3,(H,15,17)(H,16,18)/t8-,9+,12+/m1/s1. The molecule has 0 unspecified atom stereocenters. The van der Waals surface area contributed by atoms with Gasteiger partial charge in [-0.05, 0) is 24.5 Å². The number of nitrogens with one attached hydrogen (secondary N) is 2. The molecule has 3 atom stereocenters. The molecule has 1 aromatic carbocycles. The summed E-state index contributed by atoms with van der Waals surface area (Å²) < 4.78 is 11.0. The molecule has 1 heterocycles. The minimum atomic E-state index is -0.762. The van der Waals surface area contributed by atoms with Crippen molar-refractivity contribution < 1.29 is 19.1 Å². The molecule has 2 aliphatic rings. The number of fused-ring (bicyclic) bond motifs is 1. The van der Waals surface area contributed by atoms with Crippen molar-refractivity contribution in [1.82, 2.24) is 10.9 Å². The highest BCUT2D eigenvalue weighted by atomic mass is 16.6. The van der Waals surface area contributed by atoms with E-state index >= 15 is 0 Å². The maximum Gasteiger partial charge on any atom is 0.283 e. The highest BCUT2D eigenvalue weighted by Gasteiger charge is 2.39. The number of hydrazine groups is 1. The molecule has 2 amide bonds. The Morgan fingerprint density at radius 2 is 1.80 bits per heavy atom. The summed E-state index contributed by atoms with van der Waals surface area (Å²) in [5, 5.41) is 0. The molecule has 3 rings (SSSR count). The molecule has 6 heteroatoms. The van der Waals surface area contributed by atoms with Crippen molar-refractivity contribution in [2.45, 2.75) is 19.4 Å². The van der Waals surface area contributed by atoms with Crippen molar-refractivity contribution in [3.8, 4) is 11.5 Å². The average molecular weight is 276 g/mol. The molecule has 20 heavy (non-hydrogen) atoms. The number of amides is 2. The van der Waals surface area contributed by atoms with Crippen LogP contribution in [0.3, 0.4) is 0 Å². The third-order valence-electron chi connectivity index (χ3n) is 3.56. The summed E-state index contributed by atoms with van der Waals surface area (Å²) >= 11 is 0. The summed E-state index contributed by atoms with van der Waals surface area (Å²) in [4.78, 5) is 23.5. The van der Waals surface area contributed by atoms with Crippen LogP contribution in [0.15, 0.2) is 24.3 Å². The van der Waals surface area contributed by atoms with E-state index in [4.69, 9.17) is 9.47 Å². The molecular weight excluding hydrogens is 260 g/mol. The van der Waals surface area contributed by atoms with Gasteiger partial charge in [-0.25, -0.2) is 0 Å². The van der Waals surface area contributed by atoms with Crippen molar-refractivity contribution in [1.29, 1.82) is 0 Å². The predicted octanol–water partition coefficient (Wildman–Crippen LogP) is 0.630. The Balaban J connectivity index is 1.52. The number of hydrogen-bond donors (Lipinski definition) is 2. The Labute approximate surface area is 116 Å².